The maximum Gasteiger partial charge on any atom is 0.199 e. The first-order valence-electron chi connectivity index (χ1n) is 11.5. The van der Waals surface area contributed by atoms with Crippen molar-refractivity contribution in [2.45, 2.75) is 6.42 Å². The number of nitrogens with zero attached hydrogens (tertiary/aromatic N) is 4. The number of rotatable bonds is 4. The molecule has 162 valence electrons. The zero-order chi connectivity index (χ0) is 22.7. The molecular weight excluding hydrogens is 416 g/mol. The van der Waals surface area contributed by atoms with Gasteiger partial charge in [0.05, 0.1) is 22.8 Å². The lowest BCUT2D eigenvalue weighted by Crippen LogP contribution is -2.21. The molecular formula is C30H22N4. The summed E-state index contributed by atoms with van der Waals surface area (Å²) in [7, 11) is 0. The maximum atomic E-state index is 5.00. The van der Waals surface area contributed by atoms with Gasteiger partial charge in [-0.05, 0) is 6.42 Å². The van der Waals surface area contributed by atoms with Crippen LogP contribution in [0.4, 0.5) is 0 Å². The standard InChI is InChI=1S/C30H22N4/c1-5-13-21(14-6-1)25-26(22-15-7-2-8-16-22)32-29(31-25)30-33-27(23-17-9-3-10-18-23)28(34-30)24-19-11-4-12-20-24/h1-19,24H,20H2. The van der Waals surface area contributed by atoms with E-state index < -0.39 is 0 Å². The Morgan fingerprint density at radius 2 is 0.971 bits per heavy atom. The summed E-state index contributed by atoms with van der Waals surface area (Å²) in [6.45, 7) is 0. The fraction of sp³-hybridized carbons (Fsp3) is 0.0667. The highest BCUT2D eigenvalue weighted by atomic mass is 15.1. The third-order valence-corrected chi connectivity index (χ3v) is 6.02. The highest BCUT2D eigenvalue weighted by molar-refractivity contribution is 6.55. The Morgan fingerprint density at radius 3 is 1.47 bits per heavy atom. The van der Waals surface area contributed by atoms with E-state index in [2.05, 4.69) is 60.7 Å². The van der Waals surface area contributed by atoms with Gasteiger partial charge < -0.3 is 0 Å². The molecule has 34 heavy (non-hydrogen) atoms. The summed E-state index contributed by atoms with van der Waals surface area (Å²) in [6.07, 6.45) is 9.43. The summed E-state index contributed by atoms with van der Waals surface area (Å²) in [6, 6.07) is 30.6. The number of allylic oxidation sites excluding steroid dienone is 4. The van der Waals surface area contributed by atoms with Crippen LogP contribution in [0.3, 0.4) is 0 Å². The summed E-state index contributed by atoms with van der Waals surface area (Å²) >= 11 is 0. The second kappa shape index (κ2) is 8.83. The molecule has 0 saturated carbocycles. The average Bonchev–Trinajstić information content (AvgIpc) is 3.56. The van der Waals surface area contributed by atoms with Gasteiger partial charge in [0.2, 0.25) is 0 Å². The van der Waals surface area contributed by atoms with Crippen molar-refractivity contribution in [3.63, 3.8) is 0 Å². The van der Waals surface area contributed by atoms with Crippen molar-refractivity contribution in [1.82, 2.24) is 0 Å². The van der Waals surface area contributed by atoms with Crippen LogP contribution >= 0.6 is 0 Å². The molecule has 0 fully saturated rings. The van der Waals surface area contributed by atoms with Crippen molar-refractivity contribution < 1.29 is 0 Å². The highest BCUT2D eigenvalue weighted by Crippen LogP contribution is 2.30. The molecule has 1 unspecified atom stereocenters. The van der Waals surface area contributed by atoms with Crippen LogP contribution in [-0.2, 0) is 0 Å². The first-order chi connectivity index (χ1) is 16.9. The number of aliphatic imine (C=N–C) groups is 4. The van der Waals surface area contributed by atoms with E-state index in [0.717, 1.165) is 46.0 Å². The zero-order valence-electron chi connectivity index (χ0n) is 18.5. The lowest BCUT2D eigenvalue weighted by molar-refractivity contribution is 0.877. The number of hydrogen-bond donors (Lipinski definition) is 0. The Labute approximate surface area is 198 Å². The minimum atomic E-state index is 0.179. The Hall–Kier alpha value is -4.44. The van der Waals surface area contributed by atoms with Crippen molar-refractivity contribution in [2.24, 2.45) is 25.9 Å². The Kier molecular flexibility index (Phi) is 5.24. The summed E-state index contributed by atoms with van der Waals surface area (Å²) in [5, 5.41) is 0. The van der Waals surface area contributed by atoms with Crippen molar-refractivity contribution in [3.05, 3.63) is 144 Å². The van der Waals surface area contributed by atoms with Crippen molar-refractivity contribution in [2.75, 3.05) is 0 Å². The highest BCUT2D eigenvalue weighted by Gasteiger charge is 2.29. The molecule has 0 saturated heterocycles. The van der Waals surface area contributed by atoms with E-state index in [4.69, 9.17) is 20.0 Å². The molecule has 0 amide bonds. The topological polar surface area (TPSA) is 49.4 Å². The number of benzene rings is 3. The van der Waals surface area contributed by atoms with Gasteiger partial charge in [0.1, 0.15) is 0 Å². The van der Waals surface area contributed by atoms with E-state index >= 15 is 0 Å². The van der Waals surface area contributed by atoms with Gasteiger partial charge in [0.15, 0.2) is 11.6 Å². The molecule has 0 aromatic heterocycles. The summed E-state index contributed by atoms with van der Waals surface area (Å²) in [5.74, 6) is 1.30. The van der Waals surface area contributed by atoms with Gasteiger partial charge in [-0.3, -0.25) is 0 Å². The lowest BCUT2D eigenvalue weighted by Gasteiger charge is -2.14. The Balaban J connectivity index is 1.51. The fourth-order valence-electron chi connectivity index (χ4n) is 4.34. The monoisotopic (exact) mass is 438 g/mol. The van der Waals surface area contributed by atoms with Crippen LogP contribution in [0.5, 0.6) is 0 Å². The third-order valence-electron chi connectivity index (χ3n) is 6.02. The van der Waals surface area contributed by atoms with Gasteiger partial charge in [-0.1, -0.05) is 115 Å². The van der Waals surface area contributed by atoms with E-state index in [1.165, 1.54) is 0 Å². The molecule has 0 spiro atoms. The van der Waals surface area contributed by atoms with Crippen LogP contribution in [0.2, 0.25) is 0 Å². The molecule has 0 bridgehead atoms. The summed E-state index contributed by atoms with van der Waals surface area (Å²) in [5.41, 5.74) is 6.65. The van der Waals surface area contributed by atoms with E-state index in [1.807, 2.05) is 54.6 Å². The van der Waals surface area contributed by atoms with Crippen LogP contribution < -0.4 is 0 Å². The normalized spacial score (nSPS) is 19.1. The van der Waals surface area contributed by atoms with E-state index in [9.17, 15) is 0 Å². The predicted molar refractivity (Wildman–Crippen MR) is 140 cm³/mol. The smallest absolute Gasteiger partial charge is 0.199 e. The van der Waals surface area contributed by atoms with Crippen LogP contribution in [-0.4, -0.2) is 22.8 Å². The van der Waals surface area contributed by atoms with Crippen LogP contribution in [0, 0.1) is 5.92 Å². The van der Waals surface area contributed by atoms with E-state index in [1.54, 1.807) is 0 Å². The molecule has 6 rings (SSSR count). The Morgan fingerprint density at radius 1 is 0.500 bits per heavy atom. The van der Waals surface area contributed by atoms with Gasteiger partial charge in [0, 0.05) is 22.6 Å². The molecule has 2 heterocycles. The van der Waals surface area contributed by atoms with Crippen molar-refractivity contribution in [3.8, 4) is 0 Å². The molecule has 3 aromatic carbocycles. The zero-order valence-corrected chi connectivity index (χ0v) is 18.5. The molecule has 0 N–H and O–H groups in total. The van der Waals surface area contributed by atoms with E-state index in [0.29, 0.717) is 11.6 Å². The summed E-state index contributed by atoms with van der Waals surface area (Å²) in [4.78, 5) is 19.9. The molecule has 4 nitrogen and oxygen atoms in total. The molecule has 4 heteroatoms. The lowest BCUT2D eigenvalue weighted by atomic mass is 9.90. The molecule has 1 aliphatic carbocycles. The third kappa shape index (κ3) is 3.80. The number of hydrogen-bond acceptors (Lipinski definition) is 4. The quantitative estimate of drug-likeness (QED) is 0.467. The first-order valence-corrected chi connectivity index (χ1v) is 11.5. The average molecular weight is 439 g/mol. The Bertz CT molecular complexity index is 1380. The molecule has 1 atom stereocenters. The summed E-state index contributed by atoms with van der Waals surface area (Å²) < 4.78 is 0. The van der Waals surface area contributed by atoms with Gasteiger partial charge in [-0.15, -0.1) is 0 Å². The fourth-order valence-corrected chi connectivity index (χ4v) is 4.34. The molecule has 3 aromatic rings. The van der Waals surface area contributed by atoms with Gasteiger partial charge >= 0.3 is 0 Å². The second-order valence-electron chi connectivity index (χ2n) is 8.28. The van der Waals surface area contributed by atoms with Crippen LogP contribution in [0.15, 0.2) is 147 Å². The predicted octanol–water partition coefficient (Wildman–Crippen LogP) is 6.18. The SMILES string of the molecule is C1=CCC(C2=NC(=C3N=C(c4ccccc4)C(c4ccccc4)=N3)N=C2c2ccccc2)C=C1. The van der Waals surface area contributed by atoms with Gasteiger partial charge in [-0.2, -0.15) is 0 Å². The van der Waals surface area contributed by atoms with E-state index in [-0.39, 0.29) is 5.92 Å². The second-order valence-corrected chi connectivity index (χ2v) is 8.28. The first kappa shape index (κ1) is 20.2. The minimum Gasteiger partial charge on any atom is -0.227 e. The largest absolute Gasteiger partial charge is 0.227 e. The van der Waals surface area contributed by atoms with Crippen LogP contribution in [0.1, 0.15) is 23.1 Å². The van der Waals surface area contributed by atoms with Crippen LogP contribution in [0.25, 0.3) is 0 Å². The molecule has 3 aliphatic rings. The van der Waals surface area contributed by atoms with Gasteiger partial charge in [-0.25, -0.2) is 20.0 Å². The molecule has 0 radical (unpaired) electrons. The maximum absolute atomic E-state index is 5.00. The van der Waals surface area contributed by atoms with Crippen molar-refractivity contribution >= 4 is 22.8 Å². The van der Waals surface area contributed by atoms with Gasteiger partial charge in [0.25, 0.3) is 0 Å². The minimum absolute atomic E-state index is 0.179. The van der Waals surface area contributed by atoms with Crippen molar-refractivity contribution in [1.29, 1.82) is 0 Å². The molecule has 2 aliphatic heterocycles.